The lowest BCUT2D eigenvalue weighted by atomic mass is 10.1. The molecule has 8 heteroatoms. The molecule has 1 saturated heterocycles. The van der Waals surface area contributed by atoms with Crippen LogP contribution in [0.15, 0.2) is 30.6 Å². The molecule has 0 bridgehead atoms. The summed E-state index contributed by atoms with van der Waals surface area (Å²) in [5, 5.41) is 18.0. The predicted octanol–water partition coefficient (Wildman–Crippen LogP) is 2.56. The number of likely N-dealkylation sites (tertiary alicyclic amines) is 1. The Morgan fingerprint density at radius 1 is 1.19 bits per heavy atom. The van der Waals surface area contributed by atoms with Gasteiger partial charge in [-0.2, -0.15) is 5.26 Å². The predicted molar refractivity (Wildman–Crippen MR) is 97.1 cm³/mol. The lowest BCUT2D eigenvalue weighted by molar-refractivity contribution is 0.0865. The molecular formula is C19H19N5O3. The van der Waals surface area contributed by atoms with Crippen molar-refractivity contribution in [1.82, 2.24) is 14.9 Å². The Kier molecular flexibility index (Phi) is 4.50. The zero-order valence-electron chi connectivity index (χ0n) is 14.7. The number of carbonyl (C=O) groups is 1. The third kappa shape index (κ3) is 3.36. The fraction of sp³-hybridized carbons (Fsp3) is 0.368. The van der Waals surface area contributed by atoms with Gasteiger partial charge in [0.15, 0.2) is 0 Å². The molecule has 1 aromatic heterocycles. The molecule has 0 aliphatic carbocycles. The molecule has 1 aromatic carbocycles. The van der Waals surface area contributed by atoms with Crippen LogP contribution in [0.25, 0.3) is 0 Å². The second-order valence-corrected chi connectivity index (χ2v) is 6.63. The highest BCUT2D eigenvalue weighted by Crippen LogP contribution is 2.37. The Balaban J connectivity index is 1.50. The molecule has 3 heterocycles. The molecule has 1 amide bonds. The number of anilines is 2. The number of ether oxygens (including phenoxy) is 1. The number of carboxylic acid groups (broad SMARTS) is 1. The van der Waals surface area contributed by atoms with Gasteiger partial charge in [-0.15, -0.1) is 0 Å². The van der Waals surface area contributed by atoms with Crippen molar-refractivity contribution in [2.45, 2.75) is 25.4 Å². The summed E-state index contributed by atoms with van der Waals surface area (Å²) in [5.74, 6) is 1.41. The lowest BCUT2D eigenvalue weighted by Crippen LogP contribution is -2.41. The van der Waals surface area contributed by atoms with E-state index in [0.29, 0.717) is 37.4 Å². The Morgan fingerprint density at radius 2 is 1.93 bits per heavy atom. The number of nitriles is 1. The van der Waals surface area contributed by atoms with E-state index < -0.39 is 6.09 Å². The van der Waals surface area contributed by atoms with E-state index in [1.165, 1.54) is 11.2 Å². The van der Waals surface area contributed by atoms with Gasteiger partial charge >= 0.3 is 6.09 Å². The number of aromatic nitrogens is 2. The van der Waals surface area contributed by atoms with Crippen LogP contribution >= 0.6 is 0 Å². The third-order valence-electron chi connectivity index (χ3n) is 5.02. The minimum atomic E-state index is -0.880. The molecule has 27 heavy (non-hydrogen) atoms. The summed E-state index contributed by atoms with van der Waals surface area (Å²) in [5.41, 5.74) is 2.58. The number of benzene rings is 1. The van der Waals surface area contributed by atoms with Crippen LogP contribution < -0.4 is 9.64 Å². The van der Waals surface area contributed by atoms with Crippen molar-refractivity contribution in [2.24, 2.45) is 0 Å². The number of hydrogen-bond donors (Lipinski definition) is 1. The monoisotopic (exact) mass is 365 g/mol. The maximum Gasteiger partial charge on any atom is 0.407 e. The van der Waals surface area contributed by atoms with Crippen LogP contribution in [-0.4, -0.2) is 51.8 Å². The van der Waals surface area contributed by atoms with Gasteiger partial charge in [-0.3, -0.25) is 0 Å². The Morgan fingerprint density at radius 3 is 2.59 bits per heavy atom. The number of hydrogen-bond acceptors (Lipinski definition) is 6. The third-order valence-corrected chi connectivity index (χ3v) is 5.02. The molecule has 0 saturated carbocycles. The van der Waals surface area contributed by atoms with E-state index in [-0.39, 0.29) is 6.10 Å². The van der Waals surface area contributed by atoms with Crippen LogP contribution in [0.5, 0.6) is 5.88 Å². The molecule has 2 aliphatic heterocycles. The molecule has 2 aliphatic rings. The van der Waals surface area contributed by atoms with Crippen molar-refractivity contribution < 1.29 is 14.6 Å². The molecular weight excluding hydrogens is 346 g/mol. The van der Waals surface area contributed by atoms with Gasteiger partial charge in [-0.25, -0.2) is 14.8 Å². The van der Waals surface area contributed by atoms with E-state index >= 15 is 0 Å². The highest BCUT2D eigenvalue weighted by Gasteiger charge is 2.29. The molecule has 1 fully saturated rings. The zero-order chi connectivity index (χ0) is 18.8. The van der Waals surface area contributed by atoms with E-state index in [1.54, 1.807) is 12.1 Å². The number of piperidine rings is 1. The molecule has 0 radical (unpaired) electrons. The van der Waals surface area contributed by atoms with E-state index in [0.717, 1.165) is 30.0 Å². The van der Waals surface area contributed by atoms with Gasteiger partial charge in [0.25, 0.3) is 0 Å². The van der Waals surface area contributed by atoms with Crippen LogP contribution in [0.3, 0.4) is 0 Å². The standard InChI is InChI=1S/C19H19N5O3/c20-11-13-1-3-14(4-2-13)24-10-7-16-17(24)21-12-22-18(16)27-15-5-8-23(9-6-15)19(25)26/h1-4,12,15H,5-10H2,(H,25,26). The first-order valence-corrected chi connectivity index (χ1v) is 8.92. The van der Waals surface area contributed by atoms with Gasteiger partial charge < -0.3 is 19.6 Å². The summed E-state index contributed by atoms with van der Waals surface area (Å²) >= 11 is 0. The lowest BCUT2D eigenvalue weighted by Gasteiger charge is -2.30. The summed E-state index contributed by atoms with van der Waals surface area (Å²) in [7, 11) is 0. The van der Waals surface area contributed by atoms with E-state index in [2.05, 4.69) is 20.9 Å². The zero-order valence-corrected chi connectivity index (χ0v) is 14.7. The first kappa shape index (κ1) is 17.1. The normalized spacial score (nSPS) is 16.7. The summed E-state index contributed by atoms with van der Waals surface area (Å²) in [4.78, 5) is 23.3. The average Bonchev–Trinajstić information content (AvgIpc) is 3.14. The average molecular weight is 365 g/mol. The van der Waals surface area contributed by atoms with Crippen LogP contribution in [0, 0.1) is 11.3 Å². The molecule has 0 spiro atoms. The highest BCUT2D eigenvalue weighted by atomic mass is 16.5. The fourth-order valence-corrected chi connectivity index (χ4v) is 3.56. The topological polar surface area (TPSA) is 103 Å². The molecule has 138 valence electrons. The number of nitrogens with zero attached hydrogens (tertiary/aromatic N) is 5. The number of fused-ring (bicyclic) bond motifs is 1. The van der Waals surface area contributed by atoms with Gasteiger partial charge in [-0.05, 0) is 30.7 Å². The molecule has 0 atom stereocenters. The quantitative estimate of drug-likeness (QED) is 0.891. The highest BCUT2D eigenvalue weighted by molar-refractivity contribution is 5.68. The summed E-state index contributed by atoms with van der Waals surface area (Å²) in [6.07, 6.45) is 2.68. The first-order chi connectivity index (χ1) is 13.2. The summed E-state index contributed by atoms with van der Waals surface area (Å²) < 4.78 is 6.11. The second-order valence-electron chi connectivity index (χ2n) is 6.63. The maximum absolute atomic E-state index is 11.0. The van der Waals surface area contributed by atoms with Crippen molar-refractivity contribution in [3.63, 3.8) is 0 Å². The van der Waals surface area contributed by atoms with Gasteiger partial charge in [-0.1, -0.05) is 0 Å². The minimum absolute atomic E-state index is 0.0384. The van der Waals surface area contributed by atoms with E-state index in [4.69, 9.17) is 15.1 Å². The summed E-state index contributed by atoms with van der Waals surface area (Å²) in [6.45, 7) is 1.73. The van der Waals surface area contributed by atoms with Crippen molar-refractivity contribution in [3.8, 4) is 11.9 Å². The fourth-order valence-electron chi connectivity index (χ4n) is 3.56. The number of amides is 1. The molecule has 0 unspecified atom stereocenters. The smallest absolute Gasteiger partial charge is 0.407 e. The van der Waals surface area contributed by atoms with Crippen LogP contribution in [0.2, 0.25) is 0 Å². The van der Waals surface area contributed by atoms with Crippen molar-refractivity contribution in [3.05, 3.63) is 41.7 Å². The Hall–Kier alpha value is -3.34. The van der Waals surface area contributed by atoms with Gasteiger partial charge in [0, 0.05) is 38.2 Å². The van der Waals surface area contributed by atoms with Crippen molar-refractivity contribution >= 4 is 17.6 Å². The van der Waals surface area contributed by atoms with Gasteiger partial charge in [0.05, 0.1) is 17.2 Å². The first-order valence-electron chi connectivity index (χ1n) is 8.92. The van der Waals surface area contributed by atoms with Crippen molar-refractivity contribution in [2.75, 3.05) is 24.5 Å². The van der Waals surface area contributed by atoms with E-state index in [9.17, 15) is 4.79 Å². The van der Waals surface area contributed by atoms with Crippen molar-refractivity contribution in [1.29, 1.82) is 5.26 Å². The van der Waals surface area contributed by atoms with Gasteiger partial charge in [0.1, 0.15) is 18.2 Å². The Bertz CT molecular complexity index is 885. The SMILES string of the molecule is N#Cc1ccc(N2CCc3c(OC4CCN(C(=O)O)CC4)ncnc32)cc1. The minimum Gasteiger partial charge on any atom is -0.474 e. The molecule has 2 aromatic rings. The molecule has 4 rings (SSSR count). The Labute approximate surface area is 156 Å². The van der Waals surface area contributed by atoms with Gasteiger partial charge in [0.2, 0.25) is 5.88 Å². The van der Waals surface area contributed by atoms with E-state index in [1.807, 2.05) is 12.1 Å². The maximum atomic E-state index is 11.0. The van der Waals surface area contributed by atoms with Crippen LogP contribution in [0.4, 0.5) is 16.3 Å². The largest absolute Gasteiger partial charge is 0.474 e. The molecule has 1 N–H and O–H groups in total. The van der Waals surface area contributed by atoms with Crippen LogP contribution in [0.1, 0.15) is 24.0 Å². The van der Waals surface area contributed by atoms with Crippen LogP contribution in [-0.2, 0) is 6.42 Å². The number of rotatable bonds is 3. The summed E-state index contributed by atoms with van der Waals surface area (Å²) in [6, 6.07) is 9.54. The molecule has 8 nitrogen and oxygen atoms in total. The second kappa shape index (κ2) is 7.11.